The standard InChI is InChI=1S/C31H36N6/c1-5-35(6-2)29-17-11-25(12-18-29)9-15-27-23-28(34-31(33-27)37-22-21-32-24-37)16-10-26-13-19-30(20-14-26)36(7-3)8-4/h9-24H,5-8H2,1-4H3/b15-9+,16-10+. The summed E-state index contributed by atoms with van der Waals surface area (Å²) in [5.41, 5.74) is 6.41. The minimum atomic E-state index is 0.591. The summed E-state index contributed by atoms with van der Waals surface area (Å²) in [6, 6.07) is 19.3. The van der Waals surface area contributed by atoms with Crippen molar-refractivity contribution in [1.29, 1.82) is 0 Å². The molecule has 0 unspecified atom stereocenters. The van der Waals surface area contributed by atoms with Gasteiger partial charge in [-0.3, -0.25) is 4.57 Å². The maximum absolute atomic E-state index is 4.75. The van der Waals surface area contributed by atoms with Gasteiger partial charge in [-0.15, -0.1) is 0 Å². The molecule has 6 nitrogen and oxygen atoms in total. The molecule has 190 valence electrons. The number of benzene rings is 2. The van der Waals surface area contributed by atoms with Gasteiger partial charge in [0.15, 0.2) is 0 Å². The molecule has 0 aliphatic rings. The van der Waals surface area contributed by atoms with Crippen molar-refractivity contribution in [1.82, 2.24) is 19.5 Å². The number of hydrogen-bond donors (Lipinski definition) is 0. The summed E-state index contributed by atoms with van der Waals surface area (Å²) in [6.07, 6.45) is 13.5. The lowest BCUT2D eigenvalue weighted by molar-refractivity contribution is 0.866. The van der Waals surface area contributed by atoms with Crippen molar-refractivity contribution in [2.24, 2.45) is 0 Å². The highest BCUT2D eigenvalue weighted by atomic mass is 15.2. The Bertz CT molecular complexity index is 1210. The number of rotatable bonds is 11. The van der Waals surface area contributed by atoms with Gasteiger partial charge in [0, 0.05) is 49.9 Å². The quantitative estimate of drug-likeness (QED) is 0.233. The molecule has 0 saturated heterocycles. The van der Waals surface area contributed by atoms with Crippen molar-refractivity contribution in [2.45, 2.75) is 27.7 Å². The Morgan fingerprint density at radius 3 is 1.49 bits per heavy atom. The molecule has 2 aromatic carbocycles. The maximum atomic E-state index is 4.75. The summed E-state index contributed by atoms with van der Waals surface area (Å²) >= 11 is 0. The van der Waals surface area contributed by atoms with E-state index in [0.717, 1.165) is 48.7 Å². The second kappa shape index (κ2) is 12.7. The van der Waals surface area contributed by atoms with Crippen molar-refractivity contribution in [3.05, 3.63) is 95.8 Å². The first kappa shape index (κ1) is 25.9. The highest BCUT2D eigenvalue weighted by Gasteiger charge is 2.05. The molecule has 0 aliphatic carbocycles. The van der Waals surface area contributed by atoms with E-state index in [0.29, 0.717) is 5.95 Å². The smallest absolute Gasteiger partial charge is 0.236 e. The Kier molecular flexibility index (Phi) is 8.87. The number of aromatic nitrogens is 4. The van der Waals surface area contributed by atoms with Crippen LogP contribution in [-0.2, 0) is 0 Å². The molecule has 0 aliphatic heterocycles. The molecule has 0 saturated carbocycles. The fourth-order valence-corrected chi connectivity index (χ4v) is 4.27. The maximum Gasteiger partial charge on any atom is 0.236 e. The summed E-state index contributed by atoms with van der Waals surface area (Å²) in [5, 5.41) is 0. The Morgan fingerprint density at radius 1 is 0.649 bits per heavy atom. The number of imidazole rings is 1. The minimum Gasteiger partial charge on any atom is -0.372 e. The molecule has 0 spiro atoms. The molecule has 2 heterocycles. The molecule has 0 bridgehead atoms. The van der Waals surface area contributed by atoms with Crippen LogP contribution in [0.2, 0.25) is 0 Å². The molecule has 0 radical (unpaired) electrons. The first-order valence-electron chi connectivity index (χ1n) is 13.1. The predicted octanol–water partition coefficient (Wildman–Crippen LogP) is 6.70. The monoisotopic (exact) mass is 492 g/mol. The van der Waals surface area contributed by atoms with E-state index in [1.54, 1.807) is 12.5 Å². The van der Waals surface area contributed by atoms with Crippen LogP contribution in [0.3, 0.4) is 0 Å². The first-order valence-corrected chi connectivity index (χ1v) is 13.1. The molecule has 0 atom stereocenters. The summed E-state index contributed by atoms with van der Waals surface area (Å²) in [6.45, 7) is 12.7. The van der Waals surface area contributed by atoms with Crippen LogP contribution in [0.1, 0.15) is 50.2 Å². The van der Waals surface area contributed by atoms with E-state index in [4.69, 9.17) is 9.97 Å². The third kappa shape index (κ3) is 6.73. The fourth-order valence-electron chi connectivity index (χ4n) is 4.27. The van der Waals surface area contributed by atoms with Gasteiger partial charge in [0.2, 0.25) is 5.95 Å². The van der Waals surface area contributed by atoms with Crippen molar-refractivity contribution in [2.75, 3.05) is 36.0 Å². The van der Waals surface area contributed by atoms with Crippen molar-refractivity contribution < 1.29 is 0 Å². The molecule has 6 heteroatoms. The lowest BCUT2D eigenvalue weighted by atomic mass is 10.1. The largest absolute Gasteiger partial charge is 0.372 e. The van der Waals surface area contributed by atoms with Crippen LogP contribution >= 0.6 is 0 Å². The summed E-state index contributed by atoms with van der Waals surface area (Å²) < 4.78 is 1.83. The molecule has 4 aromatic rings. The SMILES string of the molecule is CCN(CC)c1ccc(/C=C/c2cc(/C=C/c3ccc(N(CC)CC)cc3)nc(-n3ccnc3)n2)cc1. The first-order chi connectivity index (χ1) is 18.1. The van der Waals surface area contributed by atoms with E-state index >= 15 is 0 Å². The van der Waals surface area contributed by atoms with Gasteiger partial charge in [0.05, 0.1) is 11.4 Å². The van der Waals surface area contributed by atoms with E-state index in [9.17, 15) is 0 Å². The van der Waals surface area contributed by atoms with Gasteiger partial charge in [-0.25, -0.2) is 15.0 Å². The second-order valence-corrected chi connectivity index (χ2v) is 8.68. The van der Waals surface area contributed by atoms with Gasteiger partial charge in [-0.05, 0) is 81.3 Å². The minimum absolute atomic E-state index is 0.591. The van der Waals surface area contributed by atoms with Crippen molar-refractivity contribution in [3.63, 3.8) is 0 Å². The third-order valence-corrected chi connectivity index (χ3v) is 6.43. The van der Waals surface area contributed by atoms with E-state index in [2.05, 4.69) is 103 Å². The van der Waals surface area contributed by atoms with E-state index in [1.807, 2.05) is 29.0 Å². The van der Waals surface area contributed by atoms with Crippen LogP contribution in [0.25, 0.3) is 30.3 Å². The zero-order valence-electron chi connectivity index (χ0n) is 22.2. The number of nitrogens with zero attached hydrogens (tertiary/aromatic N) is 6. The molecule has 0 amide bonds. The molecule has 2 aromatic heterocycles. The Balaban J connectivity index is 1.57. The Morgan fingerprint density at radius 2 is 1.11 bits per heavy atom. The van der Waals surface area contributed by atoms with Crippen LogP contribution in [0.4, 0.5) is 11.4 Å². The fraction of sp³-hybridized carbons (Fsp3) is 0.258. The number of anilines is 2. The molecule has 37 heavy (non-hydrogen) atoms. The van der Waals surface area contributed by atoms with Gasteiger partial charge in [-0.1, -0.05) is 36.4 Å². The lowest BCUT2D eigenvalue weighted by Crippen LogP contribution is -2.21. The van der Waals surface area contributed by atoms with Crippen LogP contribution in [-0.4, -0.2) is 45.7 Å². The van der Waals surface area contributed by atoms with Crippen LogP contribution < -0.4 is 9.80 Å². The normalized spacial score (nSPS) is 11.5. The van der Waals surface area contributed by atoms with E-state index in [-0.39, 0.29) is 0 Å². The summed E-state index contributed by atoms with van der Waals surface area (Å²) in [4.78, 5) is 18.3. The lowest BCUT2D eigenvalue weighted by Gasteiger charge is -2.20. The van der Waals surface area contributed by atoms with Crippen LogP contribution in [0.5, 0.6) is 0 Å². The second-order valence-electron chi connectivity index (χ2n) is 8.68. The highest BCUT2D eigenvalue weighted by Crippen LogP contribution is 2.19. The van der Waals surface area contributed by atoms with Crippen molar-refractivity contribution >= 4 is 35.7 Å². The average molecular weight is 493 g/mol. The molecular formula is C31H36N6. The van der Waals surface area contributed by atoms with Crippen LogP contribution in [0, 0.1) is 0 Å². The molecule has 0 fully saturated rings. The van der Waals surface area contributed by atoms with Gasteiger partial charge in [0.25, 0.3) is 0 Å². The number of hydrogen-bond acceptors (Lipinski definition) is 5. The third-order valence-electron chi connectivity index (χ3n) is 6.43. The molecular weight excluding hydrogens is 456 g/mol. The Labute approximate surface area is 220 Å². The van der Waals surface area contributed by atoms with Gasteiger partial charge >= 0.3 is 0 Å². The van der Waals surface area contributed by atoms with E-state index < -0.39 is 0 Å². The average Bonchev–Trinajstić information content (AvgIpc) is 3.49. The molecule has 4 rings (SSSR count). The zero-order valence-corrected chi connectivity index (χ0v) is 22.2. The topological polar surface area (TPSA) is 50.1 Å². The van der Waals surface area contributed by atoms with E-state index in [1.165, 1.54) is 11.4 Å². The van der Waals surface area contributed by atoms with Gasteiger partial charge < -0.3 is 9.80 Å². The van der Waals surface area contributed by atoms with Gasteiger partial charge in [-0.2, -0.15) is 0 Å². The zero-order chi connectivity index (χ0) is 26.0. The summed E-state index contributed by atoms with van der Waals surface area (Å²) in [5.74, 6) is 0.591. The van der Waals surface area contributed by atoms with Crippen LogP contribution in [0.15, 0.2) is 73.3 Å². The summed E-state index contributed by atoms with van der Waals surface area (Å²) in [7, 11) is 0. The Hall–Kier alpha value is -4.19. The van der Waals surface area contributed by atoms with Crippen molar-refractivity contribution in [3.8, 4) is 5.95 Å². The highest BCUT2D eigenvalue weighted by molar-refractivity contribution is 5.73. The molecule has 0 N–H and O–H groups in total. The predicted molar refractivity (Wildman–Crippen MR) is 157 cm³/mol. The van der Waals surface area contributed by atoms with Gasteiger partial charge in [0.1, 0.15) is 6.33 Å².